The average molecular weight is 328 g/mol. The fraction of sp³-hybridized carbons (Fsp3) is 0.0952. The summed E-state index contributed by atoms with van der Waals surface area (Å²) in [6.07, 6.45) is 7.72. The van der Waals surface area contributed by atoms with Gasteiger partial charge in [-0.15, -0.1) is 0 Å². The Morgan fingerprint density at radius 1 is 0.960 bits per heavy atom. The molecule has 0 heterocycles. The van der Waals surface area contributed by atoms with Crippen LogP contribution in [0, 0.1) is 10.1 Å². The first kappa shape index (κ1) is 15.3. The first-order valence-corrected chi connectivity index (χ1v) is 8.21. The summed E-state index contributed by atoms with van der Waals surface area (Å²) in [5.41, 5.74) is 4.78. The van der Waals surface area contributed by atoms with Gasteiger partial charge >= 0.3 is 0 Å². The molecule has 0 saturated carbocycles. The largest absolute Gasteiger partial charge is 0.269 e. The van der Waals surface area contributed by atoms with Gasteiger partial charge in [-0.25, -0.2) is 0 Å². The summed E-state index contributed by atoms with van der Waals surface area (Å²) < 4.78 is 0. The molecule has 0 amide bonds. The van der Waals surface area contributed by atoms with Gasteiger partial charge in [0.1, 0.15) is 0 Å². The maximum Gasteiger partial charge on any atom is 0.269 e. The second kappa shape index (κ2) is 6.32. The zero-order valence-electron chi connectivity index (χ0n) is 13.6. The van der Waals surface area contributed by atoms with Crippen molar-refractivity contribution < 1.29 is 4.92 Å². The molecule has 0 aliphatic heterocycles. The monoisotopic (exact) mass is 328 g/mol. The van der Waals surface area contributed by atoms with Crippen molar-refractivity contribution in [3.05, 3.63) is 87.5 Å². The van der Waals surface area contributed by atoms with E-state index in [2.05, 4.69) is 35.3 Å². The van der Waals surface area contributed by atoms with E-state index >= 15 is 0 Å². The average Bonchev–Trinajstić information content (AvgIpc) is 3.06. The van der Waals surface area contributed by atoms with Crippen molar-refractivity contribution in [3.63, 3.8) is 0 Å². The minimum Gasteiger partial charge on any atom is -0.258 e. The molecule has 1 aliphatic rings. The van der Waals surface area contributed by atoms with E-state index in [9.17, 15) is 10.1 Å². The van der Waals surface area contributed by atoms with E-state index in [-0.39, 0.29) is 5.69 Å². The van der Waals surface area contributed by atoms with Crippen molar-refractivity contribution in [3.8, 4) is 0 Å². The van der Waals surface area contributed by atoms with Gasteiger partial charge in [-0.1, -0.05) is 30.3 Å². The van der Waals surface area contributed by atoms with E-state index in [0.717, 1.165) is 24.1 Å². The van der Waals surface area contributed by atoms with E-state index in [1.165, 1.54) is 34.0 Å². The summed E-state index contributed by atoms with van der Waals surface area (Å²) in [5, 5.41) is 13.2. The molecule has 1 aliphatic carbocycles. The number of nitro groups is 1. The lowest BCUT2D eigenvalue weighted by Gasteiger charge is -2.04. The van der Waals surface area contributed by atoms with Crippen LogP contribution in [0.15, 0.2) is 65.7 Å². The van der Waals surface area contributed by atoms with E-state index in [4.69, 9.17) is 0 Å². The molecule has 25 heavy (non-hydrogen) atoms. The van der Waals surface area contributed by atoms with Crippen molar-refractivity contribution in [2.45, 2.75) is 12.8 Å². The number of hydrogen-bond acceptors (Lipinski definition) is 3. The Morgan fingerprint density at radius 3 is 2.48 bits per heavy atom. The Balaban J connectivity index is 1.56. The van der Waals surface area contributed by atoms with E-state index < -0.39 is 4.92 Å². The molecule has 0 N–H and O–H groups in total. The summed E-state index contributed by atoms with van der Waals surface area (Å²) >= 11 is 0. The third-order valence-corrected chi connectivity index (χ3v) is 4.55. The molecule has 0 saturated heterocycles. The molecule has 0 bridgehead atoms. The summed E-state index contributed by atoms with van der Waals surface area (Å²) in [4.78, 5) is 14.8. The fourth-order valence-corrected chi connectivity index (χ4v) is 3.33. The van der Waals surface area contributed by atoms with Gasteiger partial charge in [0.2, 0.25) is 0 Å². The fourth-order valence-electron chi connectivity index (χ4n) is 3.33. The molecule has 0 radical (unpaired) electrons. The van der Waals surface area contributed by atoms with Gasteiger partial charge < -0.3 is 0 Å². The number of nitro benzene ring substituents is 1. The lowest BCUT2D eigenvalue weighted by atomic mass is 10.0. The first-order valence-electron chi connectivity index (χ1n) is 8.21. The Labute approximate surface area is 145 Å². The second-order valence-electron chi connectivity index (χ2n) is 6.07. The van der Waals surface area contributed by atoms with Gasteiger partial charge in [-0.3, -0.25) is 15.1 Å². The van der Waals surface area contributed by atoms with Gasteiger partial charge in [-0.2, -0.15) is 0 Å². The number of aryl methyl sites for hydroxylation is 2. The molecule has 0 fully saturated rings. The maximum absolute atomic E-state index is 10.7. The molecule has 0 atom stereocenters. The second-order valence-corrected chi connectivity index (χ2v) is 6.07. The Kier molecular flexibility index (Phi) is 3.86. The molecule has 0 spiro atoms. The molecule has 0 unspecified atom stereocenters. The van der Waals surface area contributed by atoms with Crippen molar-refractivity contribution in [2.24, 2.45) is 4.99 Å². The standard InChI is InChI=1S/C21H16N2O2/c24-23(25)18-11-6-15(7-12-18)3-2-14-22-20-13-10-17-9-8-16-4-1-5-19(20)21(16)17/h1-7,10-14H,8-9H2. The van der Waals surface area contributed by atoms with E-state index in [1.54, 1.807) is 18.3 Å². The van der Waals surface area contributed by atoms with Gasteiger partial charge in [-0.05, 0) is 59.2 Å². The molecule has 4 rings (SSSR count). The number of non-ortho nitro benzene ring substituents is 1. The van der Waals surface area contributed by atoms with Crippen LogP contribution in [0.4, 0.5) is 11.4 Å². The lowest BCUT2D eigenvalue weighted by Crippen LogP contribution is -1.86. The molecule has 122 valence electrons. The number of aliphatic imine (C=N–C) groups is 1. The Morgan fingerprint density at radius 2 is 1.72 bits per heavy atom. The van der Waals surface area contributed by atoms with Crippen LogP contribution in [0.5, 0.6) is 0 Å². The highest BCUT2D eigenvalue weighted by atomic mass is 16.6. The van der Waals surface area contributed by atoms with Gasteiger partial charge in [0, 0.05) is 23.7 Å². The van der Waals surface area contributed by atoms with Gasteiger partial charge in [0.25, 0.3) is 5.69 Å². The predicted molar refractivity (Wildman–Crippen MR) is 102 cm³/mol. The minimum atomic E-state index is -0.398. The van der Waals surface area contributed by atoms with Crippen LogP contribution in [-0.2, 0) is 12.8 Å². The van der Waals surface area contributed by atoms with Crippen LogP contribution in [-0.4, -0.2) is 11.1 Å². The zero-order valence-corrected chi connectivity index (χ0v) is 13.6. The third-order valence-electron chi connectivity index (χ3n) is 4.55. The van der Waals surface area contributed by atoms with Crippen molar-refractivity contribution in [1.82, 2.24) is 0 Å². The lowest BCUT2D eigenvalue weighted by molar-refractivity contribution is -0.384. The minimum absolute atomic E-state index is 0.0960. The Bertz CT molecular complexity index is 1010. The number of rotatable bonds is 4. The van der Waals surface area contributed by atoms with Crippen molar-refractivity contribution in [1.29, 1.82) is 0 Å². The van der Waals surface area contributed by atoms with Crippen LogP contribution in [0.3, 0.4) is 0 Å². The molecule has 0 aromatic heterocycles. The summed E-state index contributed by atoms with van der Waals surface area (Å²) in [5.74, 6) is 0. The summed E-state index contributed by atoms with van der Waals surface area (Å²) in [6.45, 7) is 0. The van der Waals surface area contributed by atoms with Crippen LogP contribution in [0.1, 0.15) is 16.7 Å². The van der Waals surface area contributed by atoms with Crippen LogP contribution >= 0.6 is 0 Å². The van der Waals surface area contributed by atoms with Crippen LogP contribution < -0.4 is 0 Å². The van der Waals surface area contributed by atoms with E-state index in [0.29, 0.717) is 0 Å². The summed E-state index contributed by atoms with van der Waals surface area (Å²) in [7, 11) is 0. The van der Waals surface area contributed by atoms with Crippen LogP contribution in [0.2, 0.25) is 0 Å². The molecule has 3 aromatic rings. The quantitative estimate of drug-likeness (QED) is 0.372. The number of allylic oxidation sites excluding steroid dienone is 1. The normalized spacial score (nSPS) is 13.3. The Hall–Kier alpha value is -3.27. The first-order chi connectivity index (χ1) is 12.2. The zero-order chi connectivity index (χ0) is 17.2. The van der Waals surface area contributed by atoms with Crippen molar-refractivity contribution in [2.75, 3.05) is 0 Å². The van der Waals surface area contributed by atoms with Gasteiger partial charge in [0.05, 0.1) is 10.6 Å². The predicted octanol–water partition coefficient (Wildman–Crippen LogP) is 5.26. The van der Waals surface area contributed by atoms with Crippen LogP contribution in [0.25, 0.3) is 16.8 Å². The number of hydrogen-bond donors (Lipinski definition) is 0. The third kappa shape index (κ3) is 2.94. The summed E-state index contributed by atoms with van der Waals surface area (Å²) in [6, 6.07) is 17.1. The highest BCUT2D eigenvalue weighted by Crippen LogP contribution is 2.36. The molecular formula is C21H16N2O2. The highest BCUT2D eigenvalue weighted by Gasteiger charge is 2.15. The topological polar surface area (TPSA) is 55.5 Å². The van der Waals surface area contributed by atoms with Gasteiger partial charge in [0.15, 0.2) is 0 Å². The molecule has 4 heteroatoms. The number of benzene rings is 3. The van der Waals surface area contributed by atoms with E-state index in [1.807, 2.05) is 12.2 Å². The number of nitrogens with zero attached hydrogens (tertiary/aromatic N) is 2. The van der Waals surface area contributed by atoms with Crippen molar-refractivity contribution >= 4 is 34.4 Å². The molecular weight excluding hydrogens is 312 g/mol. The SMILES string of the molecule is O=[N+]([O-])c1ccc(C=CC=Nc2ccc3c4c(cccc24)CC3)cc1. The highest BCUT2D eigenvalue weighted by molar-refractivity contribution is 5.99. The molecule has 3 aromatic carbocycles. The smallest absolute Gasteiger partial charge is 0.258 e. The maximum atomic E-state index is 10.7. The molecule has 4 nitrogen and oxygen atoms in total.